The molecule has 4 aromatic rings. The Hall–Kier alpha value is -3.56. The zero-order valence-electron chi connectivity index (χ0n) is 16.1. The molecule has 2 aromatic carbocycles. The van der Waals surface area contributed by atoms with Gasteiger partial charge in [-0.2, -0.15) is 5.10 Å². The number of aryl methyl sites for hydroxylation is 2. The van der Waals surface area contributed by atoms with Crippen LogP contribution in [0.25, 0.3) is 22.1 Å². The summed E-state index contributed by atoms with van der Waals surface area (Å²) >= 11 is 0. The van der Waals surface area contributed by atoms with Gasteiger partial charge in [-0.3, -0.25) is 0 Å². The number of nitrogens with zero attached hydrogens (tertiary/aromatic N) is 4. The number of rotatable bonds is 6. The van der Waals surface area contributed by atoms with E-state index in [0.717, 1.165) is 11.4 Å². The molecule has 0 unspecified atom stereocenters. The molecule has 0 radical (unpaired) electrons. The van der Waals surface area contributed by atoms with Gasteiger partial charge in [0.25, 0.3) is 5.88 Å². The van der Waals surface area contributed by atoms with Crippen molar-refractivity contribution in [2.45, 2.75) is 26.8 Å². The normalized spacial score (nSPS) is 11.8. The molecule has 4 rings (SSSR count). The van der Waals surface area contributed by atoms with Crippen LogP contribution in [0, 0.1) is 13.8 Å². The third kappa shape index (κ3) is 4.37. The minimum atomic E-state index is -4.72. The molecule has 0 fully saturated rings. The van der Waals surface area contributed by atoms with Crippen LogP contribution in [0.5, 0.6) is 11.6 Å². The molecule has 0 saturated heterocycles. The highest BCUT2D eigenvalue weighted by atomic mass is 19.4. The summed E-state index contributed by atoms with van der Waals surface area (Å²) in [7, 11) is 0. The van der Waals surface area contributed by atoms with E-state index in [-0.39, 0.29) is 5.75 Å². The smallest absolute Gasteiger partial charge is 0.473 e. The van der Waals surface area contributed by atoms with Crippen LogP contribution in [0.15, 0.2) is 47.0 Å². The molecule has 0 aliphatic rings. The van der Waals surface area contributed by atoms with E-state index in [1.54, 1.807) is 28.9 Å². The lowest BCUT2D eigenvalue weighted by molar-refractivity contribution is -0.274. The molecule has 0 aliphatic heterocycles. The van der Waals surface area contributed by atoms with Crippen LogP contribution in [-0.4, -0.2) is 32.9 Å². The zero-order valence-corrected chi connectivity index (χ0v) is 16.1. The van der Waals surface area contributed by atoms with Gasteiger partial charge >= 0.3 is 6.36 Å². The Morgan fingerprint density at radius 3 is 2.43 bits per heavy atom. The van der Waals surface area contributed by atoms with Crippen molar-refractivity contribution in [2.24, 2.45) is 0 Å². The van der Waals surface area contributed by atoms with Crippen LogP contribution in [0.4, 0.5) is 13.2 Å². The van der Waals surface area contributed by atoms with Crippen LogP contribution in [0.1, 0.15) is 11.6 Å². The van der Waals surface area contributed by atoms with Crippen molar-refractivity contribution in [3.05, 3.63) is 54.1 Å². The molecule has 2 aromatic heterocycles. The molecule has 2 heterocycles. The van der Waals surface area contributed by atoms with Crippen molar-refractivity contribution in [1.29, 1.82) is 0 Å². The summed E-state index contributed by atoms with van der Waals surface area (Å²) in [5, 5.41) is 8.89. The van der Waals surface area contributed by atoms with Gasteiger partial charge in [-0.1, -0.05) is 18.2 Å². The molecule has 0 atom stereocenters. The lowest BCUT2D eigenvalue weighted by Crippen LogP contribution is -2.16. The number of aromatic nitrogens is 4. The fraction of sp³-hybridized carbons (Fsp3) is 0.250. The van der Waals surface area contributed by atoms with Crippen LogP contribution in [0.2, 0.25) is 0 Å². The van der Waals surface area contributed by atoms with Crippen molar-refractivity contribution in [1.82, 2.24) is 19.9 Å². The second-order valence-corrected chi connectivity index (χ2v) is 6.55. The molecule has 0 bridgehead atoms. The van der Waals surface area contributed by atoms with E-state index in [2.05, 4.69) is 20.0 Å². The van der Waals surface area contributed by atoms with E-state index in [9.17, 15) is 13.2 Å². The first kappa shape index (κ1) is 19.7. The predicted molar refractivity (Wildman–Crippen MR) is 101 cm³/mol. The van der Waals surface area contributed by atoms with E-state index >= 15 is 0 Å². The molecule has 0 saturated carbocycles. The molecule has 0 N–H and O–H groups in total. The highest BCUT2D eigenvalue weighted by Crippen LogP contribution is 2.31. The Kier molecular flexibility index (Phi) is 5.06. The van der Waals surface area contributed by atoms with Crippen LogP contribution >= 0.6 is 0 Å². The summed E-state index contributed by atoms with van der Waals surface area (Å²) in [6.07, 6.45) is -4.72. The summed E-state index contributed by atoms with van der Waals surface area (Å²) in [5.41, 5.74) is 2.03. The molecule has 30 heavy (non-hydrogen) atoms. The topological polar surface area (TPSA) is 75.2 Å². The summed E-state index contributed by atoms with van der Waals surface area (Å²) < 4.78 is 53.6. The standard InChI is InChI=1S/C20H17F3N4O3/c1-12-24-13(2)27(25-12)9-10-28-19-17-11-15(5-8-18(17)30-26-19)14-3-6-16(7-4-14)29-20(21,22)23/h3-8,11H,9-10H2,1-2H3. The number of hydrogen-bond acceptors (Lipinski definition) is 6. The van der Waals surface area contributed by atoms with Gasteiger partial charge in [0.2, 0.25) is 0 Å². The Morgan fingerprint density at radius 2 is 1.77 bits per heavy atom. The fourth-order valence-corrected chi connectivity index (χ4v) is 3.05. The first-order valence-corrected chi connectivity index (χ1v) is 9.05. The average Bonchev–Trinajstić information content (AvgIpc) is 3.23. The highest BCUT2D eigenvalue weighted by molar-refractivity contribution is 5.87. The van der Waals surface area contributed by atoms with E-state index in [1.165, 1.54) is 12.1 Å². The lowest BCUT2D eigenvalue weighted by Gasteiger charge is -2.09. The summed E-state index contributed by atoms with van der Waals surface area (Å²) in [6.45, 7) is 4.50. The molecule has 0 aliphatic carbocycles. The van der Waals surface area contributed by atoms with Gasteiger partial charge in [0.05, 0.1) is 11.9 Å². The maximum Gasteiger partial charge on any atom is 0.573 e. The minimum absolute atomic E-state index is 0.278. The van der Waals surface area contributed by atoms with Crippen molar-refractivity contribution in [3.8, 4) is 22.8 Å². The molecule has 7 nitrogen and oxygen atoms in total. The molecule has 10 heteroatoms. The molecule has 0 amide bonds. The summed E-state index contributed by atoms with van der Waals surface area (Å²) in [5.74, 6) is 1.54. The summed E-state index contributed by atoms with van der Waals surface area (Å²) in [4.78, 5) is 4.24. The molecule has 156 valence electrons. The number of ether oxygens (including phenoxy) is 2. The van der Waals surface area contributed by atoms with Gasteiger partial charge in [-0.25, -0.2) is 9.67 Å². The van der Waals surface area contributed by atoms with Gasteiger partial charge in [0.15, 0.2) is 5.58 Å². The molecule has 0 spiro atoms. The Labute approximate surface area is 169 Å². The first-order chi connectivity index (χ1) is 14.3. The third-order valence-electron chi connectivity index (χ3n) is 4.36. The number of benzene rings is 2. The molecular formula is C20H17F3N4O3. The zero-order chi connectivity index (χ0) is 21.3. The Bertz CT molecular complexity index is 1170. The highest BCUT2D eigenvalue weighted by Gasteiger charge is 2.31. The van der Waals surface area contributed by atoms with E-state index in [4.69, 9.17) is 9.26 Å². The minimum Gasteiger partial charge on any atom is -0.473 e. The van der Waals surface area contributed by atoms with Crippen LogP contribution in [-0.2, 0) is 6.54 Å². The van der Waals surface area contributed by atoms with Crippen molar-refractivity contribution >= 4 is 11.0 Å². The second-order valence-electron chi connectivity index (χ2n) is 6.55. The number of hydrogen-bond donors (Lipinski definition) is 0. The third-order valence-corrected chi connectivity index (χ3v) is 4.36. The number of alkyl halides is 3. The Morgan fingerprint density at radius 1 is 1.03 bits per heavy atom. The van der Waals surface area contributed by atoms with Gasteiger partial charge < -0.3 is 14.0 Å². The lowest BCUT2D eigenvalue weighted by atomic mass is 10.0. The van der Waals surface area contributed by atoms with Gasteiger partial charge in [-0.15, -0.1) is 13.2 Å². The largest absolute Gasteiger partial charge is 0.573 e. The van der Waals surface area contributed by atoms with Gasteiger partial charge in [-0.05, 0) is 54.4 Å². The summed E-state index contributed by atoms with van der Waals surface area (Å²) in [6, 6.07) is 11.0. The van der Waals surface area contributed by atoms with Gasteiger partial charge in [0, 0.05) is 0 Å². The van der Waals surface area contributed by atoms with E-state index < -0.39 is 6.36 Å². The first-order valence-electron chi connectivity index (χ1n) is 9.05. The maximum atomic E-state index is 12.3. The van der Waals surface area contributed by atoms with Gasteiger partial charge in [0.1, 0.15) is 24.0 Å². The van der Waals surface area contributed by atoms with E-state index in [1.807, 2.05) is 19.9 Å². The van der Waals surface area contributed by atoms with Crippen molar-refractivity contribution < 1.29 is 27.2 Å². The van der Waals surface area contributed by atoms with Crippen LogP contribution < -0.4 is 9.47 Å². The second kappa shape index (κ2) is 7.69. The van der Waals surface area contributed by atoms with Crippen molar-refractivity contribution in [2.75, 3.05) is 6.61 Å². The predicted octanol–water partition coefficient (Wildman–Crippen LogP) is 4.68. The monoisotopic (exact) mass is 418 g/mol. The van der Waals surface area contributed by atoms with Crippen LogP contribution in [0.3, 0.4) is 0 Å². The number of fused-ring (bicyclic) bond motifs is 1. The quantitative estimate of drug-likeness (QED) is 0.453. The van der Waals surface area contributed by atoms with Crippen molar-refractivity contribution in [3.63, 3.8) is 0 Å². The fourth-order valence-electron chi connectivity index (χ4n) is 3.05. The molecular weight excluding hydrogens is 401 g/mol. The average molecular weight is 418 g/mol. The number of halogens is 3. The maximum absolute atomic E-state index is 12.3. The Balaban J connectivity index is 1.50. The SMILES string of the molecule is Cc1nc(C)n(CCOc2noc3ccc(-c4ccc(OC(F)(F)F)cc4)cc23)n1. The van der Waals surface area contributed by atoms with E-state index in [0.29, 0.717) is 41.4 Å².